The van der Waals surface area contributed by atoms with Crippen LogP contribution in [0.1, 0.15) is 29.3 Å². The van der Waals surface area contributed by atoms with Gasteiger partial charge in [-0.05, 0) is 43.7 Å². The van der Waals surface area contributed by atoms with Gasteiger partial charge in [0.05, 0.1) is 26.0 Å². The van der Waals surface area contributed by atoms with Crippen molar-refractivity contribution in [3.63, 3.8) is 0 Å². The van der Waals surface area contributed by atoms with Gasteiger partial charge in [0.15, 0.2) is 0 Å². The largest absolute Gasteiger partial charge is 0.497 e. The van der Waals surface area contributed by atoms with E-state index in [0.29, 0.717) is 0 Å². The standard InChI is InChI=1S/C20H27N3O2/c1-15-6-4-10-22-19(15)20(23-12-5-9-21-11-13-23)17-8-7-16(24-2)14-18(17)25-3/h4,6-8,10,14,20-21H,5,9,11-13H2,1-3H3. The maximum atomic E-state index is 5.70. The van der Waals surface area contributed by atoms with Gasteiger partial charge in [-0.1, -0.05) is 6.07 Å². The summed E-state index contributed by atoms with van der Waals surface area (Å²) in [5.41, 5.74) is 3.42. The lowest BCUT2D eigenvalue weighted by atomic mass is 9.96. The minimum atomic E-state index is 0.0713. The quantitative estimate of drug-likeness (QED) is 0.906. The van der Waals surface area contributed by atoms with Crippen LogP contribution in [0.25, 0.3) is 0 Å². The molecule has 25 heavy (non-hydrogen) atoms. The fraction of sp³-hybridized carbons (Fsp3) is 0.450. The average molecular weight is 341 g/mol. The van der Waals surface area contributed by atoms with Crippen LogP contribution in [0.5, 0.6) is 11.5 Å². The van der Waals surface area contributed by atoms with Gasteiger partial charge in [0.1, 0.15) is 11.5 Å². The van der Waals surface area contributed by atoms with Gasteiger partial charge in [-0.25, -0.2) is 0 Å². The molecule has 0 aliphatic carbocycles. The Kier molecular flexibility index (Phi) is 5.89. The third-order valence-electron chi connectivity index (χ3n) is 4.78. The van der Waals surface area contributed by atoms with Crippen LogP contribution < -0.4 is 14.8 Å². The van der Waals surface area contributed by atoms with Crippen LogP contribution in [0.4, 0.5) is 0 Å². The van der Waals surface area contributed by atoms with E-state index in [0.717, 1.165) is 55.4 Å². The van der Waals surface area contributed by atoms with Crippen molar-refractivity contribution < 1.29 is 9.47 Å². The van der Waals surface area contributed by atoms with Crippen LogP contribution in [0, 0.1) is 6.92 Å². The number of ether oxygens (including phenoxy) is 2. The highest BCUT2D eigenvalue weighted by Crippen LogP contribution is 2.37. The number of methoxy groups -OCH3 is 2. The monoisotopic (exact) mass is 341 g/mol. The number of pyridine rings is 1. The molecule has 1 aromatic heterocycles. The minimum absolute atomic E-state index is 0.0713. The predicted molar refractivity (Wildman–Crippen MR) is 99.4 cm³/mol. The molecule has 1 N–H and O–H groups in total. The third-order valence-corrected chi connectivity index (χ3v) is 4.78. The second-order valence-electron chi connectivity index (χ2n) is 6.36. The van der Waals surface area contributed by atoms with E-state index >= 15 is 0 Å². The molecule has 1 fully saturated rings. The summed E-state index contributed by atoms with van der Waals surface area (Å²) in [5, 5.41) is 3.48. The first-order valence-electron chi connectivity index (χ1n) is 8.83. The van der Waals surface area contributed by atoms with Crippen molar-refractivity contribution in [1.29, 1.82) is 0 Å². The SMILES string of the molecule is COc1ccc(C(c2ncccc2C)N2CCCNCC2)c(OC)c1. The van der Waals surface area contributed by atoms with Crippen molar-refractivity contribution >= 4 is 0 Å². The number of nitrogens with zero attached hydrogens (tertiary/aromatic N) is 2. The van der Waals surface area contributed by atoms with Crippen molar-refractivity contribution in [2.45, 2.75) is 19.4 Å². The fourth-order valence-electron chi connectivity index (χ4n) is 3.47. The number of rotatable bonds is 5. The van der Waals surface area contributed by atoms with Gasteiger partial charge in [-0.15, -0.1) is 0 Å². The molecule has 5 nitrogen and oxygen atoms in total. The molecule has 3 rings (SSSR count). The van der Waals surface area contributed by atoms with E-state index in [1.54, 1.807) is 14.2 Å². The van der Waals surface area contributed by atoms with Crippen LogP contribution in [0.2, 0.25) is 0 Å². The van der Waals surface area contributed by atoms with E-state index in [1.807, 2.05) is 24.4 Å². The van der Waals surface area contributed by atoms with Crippen LogP contribution in [-0.2, 0) is 0 Å². The molecule has 2 aromatic rings. The second-order valence-corrected chi connectivity index (χ2v) is 6.36. The molecule has 1 aromatic carbocycles. The Morgan fingerprint density at radius 3 is 2.76 bits per heavy atom. The van der Waals surface area contributed by atoms with Gasteiger partial charge in [0.25, 0.3) is 0 Å². The summed E-state index contributed by atoms with van der Waals surface area (Å²) in [4.78, 5) is 7.23. The molecule has 2 heterocycles. The molecule has 1 atom stereocenters. The average Bonchev–Trinajstić information content (AvgIpc) is 2.93. The summed E-state index contributed by atoms with van der Waals surface area (Å²) in [7, 11) is 3.39. The van der Waals surface area contributed by atoms with Crippen molar-refractivity contribution in [2.75, 3.05) is 40.4 Å². The minimum Gasteiger partial charge on any atom is -0.497 e. The van der Waals surface area contributed by atoms with Crippen LogP contribution in [0.15, 0.2) is 36.5 Å². The van der Waals surface area contributed by atoms with E-state index < -0.39 is 0 Å². The maximum absolute atomic E-state index is 5.70. The molecule has 0 saturated carbocycles. The molecule has 1 unspecified atom stereocenters. The Hall–Kier alpha value is -2.11. The van der Waals surface area contributed by atoms with Crippen molar-refractivity contribution in [3.05, 3.63) is 53.3 Å². The number of benzene rings is 1. The first-order chi connectivity index (χ1) is 12.2. The highest BCUT2D eigenvalue weighted by atomic mass is 16.5. The molecule has 1 aliphatic heterocycles. The van der Waals surface area contributed by atoms with Crippen molar-refractivity contribution in [1.82, 2.24) is 15.2 Å². The predicted octanol–water partition coefficient (Wildman–Crippen LogP) is 2.79. The highest BCUT2D eigenvalue weighted by molar-refractivity contribution is 5.46. The van der Waals surface area contributed by atoms with E-state index in [-0.39, 0.29) is 6.04 Å². The smallest absolute Gasteiger partial charge is 0.127 e. The van der Waals surface area contributed by atoms with E-state index in [2.05, 4.69) is 29.3 Å². The van der Waals surface area contributed by atoms with Crippen molar-refractivity contribution in [2.24, 2.45) is 0 Å². The fourth-order valence-corrected chi connectivity index (χ4v) is 3.47. The molecule has 0 radical (unpaired) electrons. The van der Waals surface area contributed by atoms with Gasteiger partial charge >= 0.3 is 0 Å². The molecular formula is C20H27N3O2. The summed E-state index contributed by atoms with van der Waals surface area (Å²) in [5.74, 6) is 1.64. The zero-order valence-corrected chi connectivity index (χ0v) is 15.3. The molecule has 1 aliphatic rings. The summed E-state index contributed by atoms with van der Waals surface area (Å²) >= 11 is 0. The maximum Gasteiger partial charge on any atom is 0.127 e. The normalized spacial score (nSPS) is 16.9. The molecule has 5 heteroatoms. The highest BCUT2D eigenvalue weighted by Gasteiger charge is 2.28. The van der Waals surface area contributed by atoms with E-state index in [1.165, 1.54) is 5.56 Å². The van der Waals surface area contributed by atoms with E-state index in [4.69, 9.17) is 14.5 Å². The lowest BCUT2D eigenvalue weighted by Crippen LogP contribution is -2.34. The number of aryl methyl sites for hydroxylation is 1. The Morgan fingerprint density at radius 1 is 1.12 bits per heavy atom. The number of nitrogens with one attached hydrogen (secondary N) is 1. The zero-order valence-electron chi connectivity index (χ0n) is 15.3. The van der Waals surface area contributed by atoms with Crippen LogP contribution >= 0.6 is 0 Å². The van der Waals surface area contributed by atoms with Crippen LogP contribution in [0.3, 0.4) is 0 Å². The topological polar surface area (TPSA) is 46.6 Å². The van der Waals surface area contributed by atoms with Gasteiger partial charge in [0.2, 0.25) is 0 Å². The Labute approximate surface area is 150 Å². The lowest BCUT2D eigenvalue weighted by Gasteiger charge is -2.32. The van der Waals surface area contributed by atoms with Gasteiger partial charge in [-0.3, -0.25) is 9.88 Å². The molecule has 0 amide bonds. The number of hydrogen-bond acceptors (Lipinski definition) is 5. The summed E-state index contributed by atoms with van der Waals surface area (Å²) < 4.78 is 11.1. The number of hydrogen-bond donors (Lipinski definition) is 1. The van der Waals surface area contributed by atoms with Gasteiger partial charge in [-0.2, -0.15) is 0 Å². The lowest BCUT2D eigenvalue weighted by molar-refractivity contribution is 0.231. The van der Waals surface area contributed by atoms with E-state index in [9.17, 15) is 0 Å². The third kappa shape index (κ3) is 3.94. The molecule has 134 valence electrons. The second kappa shape index (κ2) is 8.32. The first-order valence-corrected chi connectivity index (χ1v) is 8.83. The summed E-state index contributed by atoms with van der Waals surface area (Å²) in [6, 6.07) is 10.2. The zero-order chi connectivity index (χ0) is 17.6. The summed E-state index contributed by atoms with van der Waals surface area (Å²) in [6.45, 7) is 6.19. The molecular weight excluding hydrogens is 314 g/mol. The Balaban J connectivity index is 2.09. The summed E-state index contributed by atoms with van der Waals surface area (Å²) in [6.07, 6.45) is 3.00. The van der Waals surface area contributed by atoms with Gasteiger partial charge in [0, 0.05) is 37.5 Å². The number of aromatic nitrogens is 1. The van der Waals surface area contributed by atoms with Crippen LogP contribution in [-0.4, -0.2) is 50.3 Å². The molecule has 1 saturated heterocycles. The molecule has 0 spiro atoms. The van der Waals surface area contributed by atoms with Crippen molar-refractivity contribution in [3.8, 4) is 11.5 Å². The molecule has 0 bridgehead atoms. The Bertz CT molecular complexity index is 697. The Morgan fingerprint density at radius 2 is 2.00 bits per heavy atom. The first kappa shape index (κ1) is 17.7. The van der Waals surface area contributed by atoms with Gasteiger partial charge < -0.3 is 14.8 Å².